The van der Waals surface area contributed by atoms with E-state index >= 15 is 0 Å². The fourth-order valence-electron chi connectivity index (χ4n) is 3.87. The molecule has 1 aromatic heterocycles. The molecule has 0 spiro atoms. The van der Waals surface area contributed by atoms with E-state index in [2.05, 4.69) is 16.4 Å². The number of benzene rings is 3. The highest BCUT2D eigenvalue weighted by Gasteiger charge is 2.21. The molecular weight excluding hydrogens is 444 g/mol. The molecule has 0 saturated heterocycles. The zero-order valence-electron chi connectivity index (χ0n) is 17.7. The molecule has 4 aromatic rings. The molecule has 4 rings (SSSR count). The second-order valence-corrected chi connectivity index (χ2v) is 11.8. The van der Waals surface area contributed by atoms with Gasteiger partial charge in [-0.15, -0.1) is 0 Å². The molecule has 1 unspecified atom stereocenters. The molecule has 0 aliphatic rings. The Labute approximate surface area is 188 Å². The topological polar surface area (TPSA) is 96.1 Å². The monoisotopic (exact) mass is 468 g/mol. The fourth-order valence-corrected chi connectivity index (χ4v) is 5.48. The molecule has 32 heavy (non-hydrogen) atoms. The van der Waals surface area contributed by atoms with Gasteiger partial charge in [0.2, 0.25) is 0 Å². The maximum absolute atomic E-state index is 12.4. The van der Waals surface area contributed by atoms with E-state index < -0.39 is 19.7 Å². The SMILES string of the molecule is CS(=O)(=O)c1ccc(NCC(c2ccccc2)c2c[nH]c3ccccc23)c(S(C)(=O)=O)c1. The van der Waals surface area contributed by atoms with Crippen LogP contribution < -0.4 is 5.32 Å². The van der Waals surface area contributed by atoms with Crippen molar-refractivity contribution in [3.63, 3.8) is 0 Å². The summed E-state index contributed by atoms with van der Waals surface area (Å²) < 4.78 is 48.7. The van der Waals surface area contributed by atoms with Crippen molar-refractivity contribution in [3.8, 4) is 0 Å². The van der Waals surface area contributed by atoms with Crippen molar-refractivity contribution in [2.24, 2.45) is 0 Å². The molecular formula is C24H24N2O4S2. The average molecular weight is 469 g/mol. The van der Waals surface area contributed by atoms with Gasteiger partial charge in [0.05, 0.1) is 15.5 Å². The van der Waals surface area contributed by atoms with Crippen LogP contribution in [0.4, 0.5) is 5.69 Å². The van der Waals surface area contributed by atoms with E-state index in [9.17, 15) is 16.8 Å². The molecule has 3 aromatic carbocycles. The van der Waals surface area contributed by atoms with E-state index in [1.165, 1.54) is 18.2 Å². The number of H-pyrrole nitrogens is 1. The van der Waals surface area contributed by atoms with Gasteiger partial charge in [-0.25, -0.2) is 16.8 Å². The van der Waals surface area contributed by atoms with Gasteiger partial charge in [0, 0.05) is 42.1 Å². The summed E-state index contributed by atoms with van der Waals surface area (Å²) in [5.41, 5.74) is 3.57. The summed E-state index contributed by atoms with van der Waals surface area (Å²) in [6.45, 7) is 0.423. The van der Waals surface area contributed by atoms with Crippen LogP contribution in [0.15, 0.2) is 88.8 Å². The first-order chi connectivity index (χ1) is 15.1. The van der Waals surface area contributed by atoms with Gasteiger partial charge < -0.3 is 10.3 Å². The molecule has 1 heterocycles. The zero-order valence-corrected chi connectivity index (χ0v) is 19.4. The van der Waals surface area contributed by atoms with Crippen LogP contribution in [0.3, 0.4) is 0 Å². The highest BCUT2D eigenvalue weighted by atomic mass is 32.2. The Balaban J connectivity index is 1.75. The Hall–Kier alpha value is -3.10. The molecule has 0 aliphatic carbocycles. The Morgan fingerprint density at radius 3 is 2.22 bits per heavy atom. The van der Waals surface area contributed by atoms with Gasteiger partial charge >= 0.3 is 0 Å². The van der Waals surface area contributed by atoms with Crippen LogP contribution in [0.25, 0.3) is 10.9 Å². The molecule has 0 bridgehead atoms. The van der Waals surface area contributed by atoms with Crippen molar-refractivity contribution < 1.29 is 16.8 Å². The third-order valence-corrected chi connectivity index (χ3v) is 7.72. The first-order valence-corrected chi connectivity index (χ1v) is 13.8. The molecule has 0 saturated carbocycles. The van der Waals surface area contributed by atoms with Crippen molar-refractivity contribution in [3.05, 3.63) is 90.1 Å². The number of para-hydroxylation sites is 1. The van der Waals surface area contributed by atoms with Crippen LogP contribution in [0, 0.1) is 0 Å². The lowest BCUT2D eigenvalue weighted by Crippen LogP contribution is -2.16. The first-order valence-electron chi connectivity index (χ1n) is 10.0. The summed E-state index contributed by atoms with van der Waals surface area (Å²) >= 11 is 0. The maximum Gasteiger partial charge on any atom is 0.177 e. The van der Waals surface area contributed by atoms with Crippen molar-refractivity contribution in [1.82, 2.24) is 4.98 Å². The Morgan fingerprint density at radius 1 is 0.844 bits per heavy atom. The summed E-state index contributed by atoms with van der Waals surface area (Å²) in [6, 6.07) is 22.2. The summed E-state index contributed by atoms with van der Waals surface area (Å²) in [4.78, 5) is 3.24. The van der Waals surface area contributed by atoms with E-state index in [1.807, 2.05) is 54.7 Å². The predicted molar refractivity (Wildman–Crippen MR) is 128 cm³/mol. The predicted octanol–water partition coefficient (Wildman–Crippen LogP) is 4.22. The second kappa shape index (κ2) is 8.44. The van der Waals surface area contributed by atoms with Crippen molar-refractivity contribution in [2.45, 2.75) is 15.7 Å². The summed E-state index contributed by atoms with van der Waals surface area (Å²) in [7, 11) is -7.18. The molecule has 2 N–H and O–H groups in total. The zero-order chi connectivity index (χ0) is 22.9. The van der Waals surface area contributed by atoms with Crippen molar-refractivity contribution in [2.75, 3.05) is 24.4 Å². The quantitative estimate of drug-likeness (QED) is 0.423. The van der Waals surface area contributed by atoms with E-state index in [-0.39, 0.29) is 15.7 Å². The van der Waals surface area contributed by atoms with E-state index in [1.54, 1.807) is 0 Å². The number of anilines is 1. The summed E-state index contributed by atoms with van der Waals surface area (Å²) in [5, 5.41) is 4.36. The molecule has 8 heteroatoms. The van der Waals surface area contributed by atoms with Gasteiger partial charge in [0.1, 0.15) is 0 Å². The fraction of sp³-hybridized carbons (Fsp3) is 0.167. The molecule has 0 fully saturated rings. The van der Waals surface area contributed by atoms with Gasteiger partial charge in [0.15, 0.2) is 19.7 Å². The number of hydrogen-bond donors (Lipinski definition) is 2. The minimum Gasteiger partial charge on any atom is -0.383 e. The first kappa shape index (κ1) is 22.1. The number of sulfone groups is 2. The highest BCUT2D eigenvalue weighted by molar-refractivity contribution is 7.91. The van der Waals surface area contributed by atoms with Gasteiger partial charge in [-0.1, -0.05) is 48.5 Å². The number of fused-ring (bicyclic) bond motifs is 1. The lowest BCUT2D eigenvalue weighted by molar-refractivity contribution is 0.600. The number of rotatable bonds is 7. The lowest BCUT2D eigenvalue weighted by atomic mass is 9.91. The van der Waals surface area contributed by atoms with E-state index in [0.29, 0.717) is 12.2 Å². The maximum atomic E-state index is 12.4. The van der Waals surface area contributed by atoms with Crippen LogP contribution >= 0.6 is 0 Å². The van der Waals surface area contributed by atoms with Gasteiger partial charge in [0.25, 0.3) is 0 Å². The Morgan fingerprint density at radius 2 is 1.53 bits per heavy atom. The minimum atomic E-state index is -3.65. The van der Waals surface area contributed by atoms with Crippen LogP contribution in [-0.4, -0.2) is 40.9 Å². The second-order valence-electron chi connectivity index (χ2n) is 7.84. The standard InChI is InChI=1S/C24H24N2O4S2/c1-31(27,28)18-12-13-23(24(14-18)32(2,29)30)26-15-20(17-8-4-3-5-9-17)21-16-25-22-11-7-6-10-19(21)22/h3-14,16,20,25-26H,15H2,1-2H3. The van der Waals surface area contributed by atoms with Crippen molar-refractivity contribution >= 4 is 36.3 Å². The van der Waals surface area contributed by atoms with Crippen LogP contribution in [0.2, 0.25) is 0 Å². The Kier molecular flexibility index (Phi) is 5.83. The molecule has 1 atom stereocenters. The molecule has 0 radical (unpaired) electrons. The van der Waals surface area contributed by atoms with Crippen LogP contribution in [-0.2, 0) is 19.7 Å². The van der Waals surface area contributed by atoms with E-state index in [0.717, 1.165) is 34.5 Å². The summed E-state index contributed by atoms with van der Waals surface area (Å²) in [6.07, 6.45) is 4.12. The van der Waals surface area contributed by atoms with Crippen LogP contribution in [0.1, 0.15) is 17.0 Å². The largest absolute Gasteiger partial charge is 0.383 e. The number of hydrogen-bond acceptors (Lipinski definition) is 5. The molecule has 6 nitrogen and oxygen atoms in total. The lowest BCUT2D eigenvalue weighted by Gasteiger charge is -2.20. The van der Waals surface area contributed by atoms with Crippen molar-refractivity contribution in [1.29, 1.82) is 0 Å². The minimum absolute atomic E-state index is 0.0280. The number of nitrogens with one attached hydrogen (secondary N) is 2. The number of aromatic nitrogens is 1. The van der Waals surface area contributed by atoms with Gasteiger partial charge in [-0.05, 0) is 35.4 Å². The molecule has 0 aliphatic heterocycles. The highest BCUT2D eigenvalue weighted by Crippen LogP contribution is 2.32. The van der Waals surface area contributed by atoms with Gasteiger partial charge in [-0.3, -0.25) is 0 Å². The molecule has 166 valence electrons. The molecule has 0 amide bonds. The number of aromatic amines is 1. The van der Waals surface area contributed by atoms with Gasteiger partial charge in [-0.2, -0.15) is 0 Å². The summed E-state index contributed by atoms with van der Waals surface area (Å²) in [5.74, 6) is -0.0608. The normalized spacial score (nSPS) is 13.2. The Bertz CT molecular complexity index is 1470. The third kappa shape index (κ3) is 4.56. The third-order valence-electron chi connectivity index (χ3n) is 5.48. The van der Waals surface area contributed by atoms with E-state index in [4.69, 9.17) is 0 Å². The average Bonchev–Trinajstić information content (AvgIpc) is 3.17. The van der Waals surface area contributed by atoms with Crippen LogP contribution in [0.5, 0.6) is 0 Å². The smallest absolute Gasteiger partial charge is 0.177 e.